The number of hydrogen-bond acceptors (Lipinski definition) is 2. The molecule has 2 rings (SSSR count). The van der Waals surface area contributed by atoms with E-state index in [2.05, 4.69) is 31.3 Å². The molecule has 0 radical (unpaired) electrons. The molecule has 0 saturated heterocycles. The fraction of sp³-hybridized carbons (Fsp3) is 0.500. The van der Waals surface area contributed by atoms with Gasteiger partial charge in [-0.2, -0.15) is 0 Å². The highest BCUT2D eigenvalue weighted by Gasteiger charge is 2.22. The maximum absolute atomic E-state index is 5.58. The lowest BCUT2D eigenvalue weighted by Gasteiger charge is -2.13. The Morgan fingerprint density at radius 3 is 3.00 bits per heavy atom. The average molecular weight is 191 g/mol. The predicted molar refractivity (Wildman–Crippen MR) is 57.5 cm³/mol. The third-order valence-electron chi connectivity index (χ3n) is 2.47. The molecule has 1 aliphatic heterocycles. The van der Waals surface area contributed by atoms with Gasteiger partial charge in [-0.25, -0.2) is 0 Å². The molecule has 0 saturated carbocycles. The molecular formula is C12H17NO. The van der Waals surface area contributed by atoms with E-state index in [1.54, 1.807) is 0 Å². The second-order valence-corrected chi connectivity index (χ2v) is 4.20. The van der Waals surface area contributed by atoms with Gasteiger partial charge in [0.15, 0.2) is 0 Å². The maximum Gasteiger partial charge on any atom is 0.124 e. The first-order valence-electron chi connectivity index (χ1n) is 5.22. The van der Waals surface area contributed by atoms with Crippen molar-refractivity contribution in [2.75, 3.05) is 13.2 Å². The molecule has 1 heterocycles. The van der Waals surface area contributed by atoms with Crippen molar-refractivity contribution < 1.29 is 4.74 Å². The van der Waals surface area contributed by atoms with E-state index >= 15 is 0 Å². The van der Waals surface area contributed by atoms with Gasteiger partial charge in [0.1, 0.15) is 12.4 Å². The van der Waals surface area contributed by atoms with Crippen molar-refractivity contribution in [1.82, 2.24) is 5.32 Å². The molecule has 1 aliphatic rings. The van der Waals surface area contributed by atoms with Gasteiger partial charge in [-0.3, -0.25) is 0 Å². The summed E-state index contributed by atoms with van der Waals surface area (Å²) in [7, 11) is 0. The zero-order valence-electron chi connectivity index (χ0n) is 8.79. The lowest BCUT2D eigenvalue weighted by molar-refractivity contribution is 0.306. The Hall–Kier alpha value is -1.02. The minimum Gasteiger partial charge on any atom is -0.491 e. The zero-order chi connectivity index (χ0) is 9.97. The maximum atomic E-state index is 5.58. The van der Waals surface area contributed by atoms with Gasteiger partial charge < -0.3 is 10.1 Å². The topological polar surface area (TPSA) is 21.3 Å². The van der Waals surface area contributed by atoms with Gasteiger partial charge in [0.05, 0.1) is 6.04 Å². The second-order valence-electron chi connectivity index (χ2n) is 4.20. The third-order valence-corrected chi connectivity index (χ3v) is 2.47. The Morgan fingerprint density at radius 2 is 2.21 bits per heavy atom. The minimum atomic E-state index is 0.383. The van der Waals surface area contributed by atoms with Crippen molar-refractivity contribution in [3.8, 4) is 5.75 Å². The molecule has 1 aromatic rings. The van der Waals surface area contributed by atoms with Gasteiger partial charge in [-0.05, 0) is 18.5 Å². The first-order valence-corrected chi connectivity index (χ1v) is 5.22. The van der Waals surface area contributed by atoms with Crippen LogP contribution in [0.25, 0.3) is 0 Å². The Morgan fingerprint density at radius 1 is 1.43 bits per heavy atom. The van der Waals surface area contributed by atoms with Crippen LogP contribution in [0.1, 0.15) is 25.5 Å². The van der Waals surface area contributed by atoms with E-state index in [1.165, 1.54) is 5.56 Å². The monoisotopic (exact) mass is 191 g/mol. The Labute approximate surface area is 85.3 Å². The van der Waals surface area contributed by atoms with Crippen LogP contribution in [0.5, 0.6) is 5.75 Å². The zero-order valence-corrected chi connectivity index (χ0v) is 8.79. The molecule has 0 spiro atoms. The first kappa shape index (κ1) is 9.53. The van der Waals surface area contributed by atoms with Crippen molar-refractivity contribution in [2.24, 2.45) is 5.92 Å². The van der Waals surface area contributed by atoms with Gasteiger partial charge in [0, 0.05) is 5.56 Å². The molecule has 0 amide bonds. The van der Waals surface area contributed by atoms with E-state index in [1.807, 2.05) is 12.1 Å². The second kappa shape index (κ2) is 4.01. The smallest absolute Gasteiger partial charge is 0.124 e. The van der Waals surface area contributed by atoms with Crippen LogP contribution in [-0.2, 0) is 0 Å². The highest BCUT2D eigenvalue weighted by Crippen LogP contribution is 2.31. The molecule has 1 atom stereocenters. The average Bonchev–Trinajstić information content (AvgIpc) is 2.58. The van der Waals surface area contributed by atoms with Crippen LogP contribution in [0.2, 0.25) is 0 Å². The van der Waals surface area contributed by atoms with Crippen molar-refractivity contribution in [3.63, 3.8) is 0 Å². The van der Waals surface area contributed by atoms with Crippen LogP contribution in [0.15, 0.2) is 24.3 Å². The Balaban J connectivity index is 2.03. The molecule has 14 heavy (non-hydrogen) atoms. The predicted octanol–water partition coefficient (Wildman–Crippen LogP) is 2.37. The van der Waals surface area contributed by atoms with Crippen LogP contribution < -0.4 is 10.1 Å². The van der Waals surface area contributed by atoms with E-state index in [0.29, 0.717) is 12.0 Å². The number of fused-ring (bicyclic) bond motifs is 1. The number of para-hydroxylation sites is 1. The number of hydrogen-bond donors (Lipinski definition) is 1. The number of nitrogens with one attached hydrogen (secondary N) is 1. The van der Waals surface area contributed by atoms with Crippen LogP contribution >= 0.6 is 0 Å². The van der Waals surface area contributed by atoms with Crippen molar-refractivity contribution in [2.45, 2.75) is 19.9 Å². The molecule has 1 N–H and O–H groups in total. The van der Waals surface area contributed by atoms with E-state index in [4.69, 9.17) is 4.74 Å². The standard InChI is InChI=1S/C12H17NO/c1-9(2)7-13-11-8-14-12-6-4-3-5-10(11)12/h3-6,9,11,13H,7-8H2,1-2H3. The van der Waals surface area contributed by atoms with Crippen molar-refractivity contribution in [3.05, 3.63) is 29.8 Å². The van der Waals surface area contributed by atoms with Crippen LogP contribution in [0, 0.1) is 5.92 Å². The summed E-state index contributed by atoms with van der Waals surface area (Å²) in [6.45, 7) is 6.25. The number of ether oxygens (including phenoxy) is 1. The summed E-state index contributed by atoms with van der Waals surface area (Å²) in [5.41, 5.74) is 1.30. The van der Waals surface area contributed by atoms with Gasteiger partial charge in [0.2, 0.25) is 0 Å². The first-order chi connectivity index (χ1) is 6.77. The van der Waals surface area contributed by atoms with Gasteiger partial charge >= 0.3 is 0 Å². The fourth-order valence-electron chi connectivity index (χ4n) is 1.71. The van der Waals surface area contributed by atoms with E-state index < -0.39 is 0 Å². The van der Waals surface area contributed by atoms with E-state index in [-0.39, 0.29) is 0 Å². The van der Waals surface area contributed by atoms with Crippen LogP contribution in [-0.4, -0.2) is 13.2 Å². The highest BCUT2D eigenvalue weighted by atomic mass is 16.5. The molecule has 0 bridgehead atoms. The molecular weight excluding hydrogens is 174 g/mol. The van der Waals surface area contributed by atoms with Crippen molar-refractivity contribution >= 4 is 0 Å². The molecule has 0 aromatic heterocycles. The molecule has 2 nitrogen and oxygen atoms in total. The molecule has 1 unspecified atom stereocenters. The fourth-order valence-corrected chi connectivity index (χ4v) is 1.71. The number of benzene rings is 1. The van der Waals surface area contributed by atoms with Crippen LogP contribution in [0.4, 0.5) is 0 Å². The Kier molecular flexibility index (Phi) is 2.73. The molecule has 1 aromatic carbocycles. The number of rotatable bonds is 3. The summed E-state index contributed by atoms with van der Waals surface area (Å²) >= 11 is 0. The largest absolute Gasteiger partial charge is 0.491 e. The van der Waals surface area contributed by atoms with E-state index in [9.17, 15) is 0 Å². The third kappa shape index (κ3) is 1.90. The summed E-state index contributed by atoms with van der Waals surface area (Å²) in [6, 6.07) is 8.64. The van der Waals surface area contributed by atoms with E-state index in [0.717, 1.165) is 18.9 Å². The molecule has 0 fully saturated rings. The Bertz CT molecular complexity index is 309. The normalized spacial score (nSPS) is 19.5. The minimum absolute atomic E-state index is 0.383. The van der Waals surface area contributed by atoms with Crippen molar-refractivity contribution in [1.29, 1.82) is 0 Å². The molecule has 0 aliphatic carbocycles. The SMILES string of the molecule is CC(C)CNC1COc2ccccc21. The summed E-state index contributed by atoms with van der Waals surface area (Å²) in [5.74, 6) is 1.72. The van der Waals surface area contributed by atoms with Crippen LogP contribution in [0.3, 0.4) is 0 Å². The quantitative estimate of drug-likeness (QED) is 0.792. The molecule has 2 heteroatoms. The van der Waals surface area contributed by atoms with Gasteiger partial charge in [-0.1, -0.05) is 32.0 Å². The summed E-state index contributed by atoms with van der Waals surface area (Å²) in [4.78, 5) is 0. The lowest BCUT2D eigenvalue weighted by atomic mass is 10.1. The summed E-state index contributed by atoms with van der Waals surface area (Å²) in [6.07, 6.45) is 0. The highest BCUT2D eigenvalue weighted by molar-refractivity contribution is 5.39. The molecule has 76 valence electrons. The van der Waals surface area contributed by atoms with Gasteiger partial charge in [-0.15, -0.1) is 0 Å². The summed E-state index contributed by atoms with van der Waals surface area (Å²) < 4.78 is 5.58. The summed E-state index contributed by atoms with van der Waals surface area (Å²) in [5, 5.41) is 3.51. The van der Waals surface area contributed by atoms with Gasteiger partial charge in [0.25, 0.3) is 0 Å². The lowest BCUT2D eigenvalue weighted by Crippen LogP contribution is -2.26.